The van der Waals surface area contributed by atoms with E-state index in [2.05, 4.69) is 6.92 Å². The molecule has 6 aliphatic rings. The van der Waals surface area contributed by atoms with E-state index in [9.17, 15) is 30.3 Å². The van der Waals surface area contributed by atoms with Crippen molar-refractivity contribution in [2.75, 3.05) is 13.2 Å². The van der Waals surface area contributed by atoms with Gasteiger partial charge in [-0.15, -0.1) is 0 Å². The topological polar surface area (TPSA) is 146 Å². The van der Waals surface area contributed by atoms with Crippen molar-refractivity contribution in [1.82, 2.24) is 0 Å². The molecule has 5 N–H and O–H groups in total. The number of aliphatic hydroxyl groups excluding tert-OH is 4. The van der Waals surface area contributed by atoms with E-state index in [0.717, 1.165) is 63.4 Å². The Hall–Kier alpha value is -1.07. The molecule has 6 rings (SSSR count). The van der Waals surface area contributed by atoms with Crippen LogP contribution in [-0.2, 0) is 19.0 Å². The molecule has 0 spiro atoms. The van der Waals surface area contributed by atoms with Gasteiger partial charge >= 0.3 is 5.97 Å². The van der Waals surface area contributed by atoms with Crippen LogP contribution in [0.1, 0.15) is 64.7 Å². The predicted octanol–water partition coefficient (Wildman–Crippen LogP) is 1.04. The van der Waals surface area contributed by atoms with E-state index in [-0.39, 0.29) is 35.2 Å². The van der Waals surface area contributed by atoms with E-state index < -0.39 is 42.9 Å². The molecule has 9 heteroatoms. The molecule has 37 heavy (non-hydrogen) atoms. The van der Waals surface area contributed by atoms with Crippen LogP contribution >= 0.6 is 0 Å². The lowest BCUT2D eigenvalue weighted by atomic mass is 9.46. The van der Waals surface area contributed by atoms with Gasteiger partial charge < -0.3 is 39.7 Å². The first-order valence-electron chi connectivity index (χ1n) is 14.2. The normalized spacial score (nSPS) is 53.6. The van der Waals surface area contributed by atoms with Crippen molar-refractivity contribution in [1.29, 1.82) is 0 Å². The second-order valence-corrected chi connectivity index (χ2v) is 12.9. The minimum Gasteiger partial charge on any atom is -0.458 e. The lowest BCUT2D eigenvalue weighted by Crippen LogP contribution is -2.61. The number of esters is 1. The maximum atomic E-state index is 12.1. The monoisotopic (exact) mass is 522 g/mol. The lowest BCUT2D eigenvalue weighted by Gasteiger charge is -2.61. The second-order valence-electron chi connectivity index (χ2n) is 12.9. The zero-order valence-electron chi connectivity index (χ0n) is 21.6. The van der Waals surface area contributed by atoms with Gasteiger partial charge in [0.25, 0.3) is 0 Å². The molecular weight excluding hydrogens is 480 g/mol. The lowest BCUT2D eigenvalue weighted by molar-refractivity contribution is -0.316. The minimum atomic E-state index is -1.43. The van der Waals surface area contributed by atoms with Gasteiger partial charge in [0, 0.05) is 6.08 Å². The van der Waals surface area contributed by atoms with Crippen LogP contribution in [0.4, 0.5) is 0 Å². The summed E-state index contributed by atoms with van der Waals surface area (Å²) in [5, 5.41) is 52.2. The largest absolute Gasteiger partial charge is 0.458 e. The van der Waals surface area contributed by atoms with E-state index in [0.29, 0.717) is 18.4 Å². The molecule has 4 aliphatic carbocycles. The molecule has 0 bridgehead atoms. The van der Waals surface area contributed by atoms with E-state index in [4.69, 9.17) is 14.2 Å². The second kappa shape index (κ2) is 9.54. The molecule has 0 aromatic heterocycles. The first kappa shape index (κ1) is 26.2. The van der Waals surface area contributed by atoms with Gasteiger partial charge in [0.2, 0.25) is 0 Å². The summed E-state index contributed by atoms with van der Waals surface area (Å²) in [7, 11) is 0. The highest BCUT2D eigenvalue weighted by atomic mass is 16.7. The summed E-state index contributed by atoms with van der Waals surface area (Å²) in [6, 6.07) is 0. The summed E-state index contributed by atoms with van der Waals surface area (Å²) >= 11 is 0. The Balaban J connectivity index is 1.13. The van der Waals surface area contributed by atoms with Crippen molar-refractivity contribution in [2.24, 2.45) is 35.0 Å². The smallest absolute Gasteiger partial charge is 0.331 e. The van der Waals surface area contributed by atoms with Crippen LogP contribution in [0.15, 0.2) is 11.6 Å². The van der Waals surface area contributed by atoms with Gasteiger partial charge in [-0.3, -0.25) is 0 Å². The average Bonchev–Trinajstić information content (AvgIpc) is 3.47. The molecule has 0 aromatic carbocycles. The van der Waals surface area contributed by atoms with Crippen molar-refractivity contribution < 1.29 is 44.5 Å². The summed E-state index contributed by atoms with van der Waals surface area (Å²) in [6.45, 7) is 2.30. The van der Waals surface area contributed by atoms with Gasteiger partial charge in [-0.25, -0.2) is 4.79 Å². The molecule has 2 heterocycles. The average molecular weight is 523 g/mol. The van der Waals surface area contributed by atoms with Gasteiger partial charge in [-0.2, -0.15) is 0 Å². The molecule has 1 saturated heterocycles. The quantitative estimate of drug-likeness (QED) is 0.270. The predicted molar refractivity (Wildman–Crippen MR) is 130 cm³/mol. The summed E-state index contributed by atoms with van der Waals surface area (Å²) in [5.41, 5.74) is 0.482. The Morgan fingerprint density at radius 1 is 0.973 bits per heavy atom. The Bertz CT molecular complexity index is 921. The number of hydrogen-bond acceptors (Lipinski definition) is 9. The first-order chi connectivity index (χ1) is 17.7. The van der Waals surface area contributed by atoms with E-state index >= 15 is 0 Å². The van der Waals surface area contributed by atoms with Crippen molar-refractivity contribution in [2.45, 2.75) is 107 Å². The molecule has 4 saturated carbocycles. The molecule has 0 radical (unpaired) electrons. The zero-order chi connectivity index (χ0) is 26.1. The summed E-state index contributed by atoms with van der Waals surface area (Å²) < 4.78 is 16.9. The number of aliphatic hydroxyl groups is 5. The highest BCUT2D eigenvalue weighted by Gasteiger charge is 2.63. The van der Waals surface area contributed by atoms with E-state index in [1.165, 1.54) is 0 Å². The minimum absolute atomic E-state index is 0.0998. The molecule has 9 nitrogen and oxygen atoms in total. The van der Waals surface area contributed by atoms with Crippen LogP contribution in [0, 0.1) is 35.0 Å². The summed E-state index contributed by atoms with van der Waals surface area (Å²) in [5.74, 6) is 1.31. The van der Waals surface area contributed by atoms with Crippen LogP contribution in [0.25, 0.3) is 0 Å². The van der Waals surface area contributed by atoms with Gasteiger partial charge in [0.1, 0.15) is 31.0 Å². The van der Waals surface area contributed by atoms with Crippen LogP contribution in [-0.4, -0.2) is 87.1 Å². The van der Waals surface area contributed by atoms with Crippen LogP contribution in [0.2, 0.25) is 0 Å². The van der Waals surface area contributed by atoms with Gasteiger partial charge in [0.05, 0.1) is 18.3 Å². The van der Waals surface area contributed by atoms with E-state index in [1.807, 2.05) is 0 Å². The number of carbonyl (C=O) groups is 1. The highest BCUT2D eigenvalue weighted by Crippen LogP contribution is 2.66. The Kier molecular flexibility index (Phi) is 6.75. The highest BCUT2D eigenvalue weighted by molar-refractivity contribution is 5.85. The number of rotatable bonds is 4. The third kappa shape index (κ3) is 4.12. The molecule has 13 atom stereocenters. The number of carbonyl (C=O) groups excluding carboxylic acids is 1. The number of ether oxygens (including phenoxy) is 3. The number of cyclic esters (lactones) is 1. The molecule has 0 unspecified atom stereocenters. The Labute approximate surface area is 217 Å². The molecule has 208 valence electrons. The molecule has 0 aromatic rings. The van der Waals surface area contributed by atoms with Crippen molar-refractivity contribution in [3.8, 4) is 0 Å². The fourth-order valence-electron chi connectivity index (χ4n) is 9.42. The van der Waals surface area contributed by atoms with Crippen LogP contribution in [0.3, 0.4) is 0 Å². The SMILES string of the molecule is C[C@]12CC[C@H](O[C@@H]3O[C@H](CO)[C@@H](O)[C@H](O)[C@H]3O)C[C@@H]1CC[C@@H]1[C@@H]2CC[C@@H]2[C@@H](C3=CC(=O)OC3)CC[C@]21O. The van der Waals surface area contributed by atoms with Gasteiger partial charge in [0.15, 0.2) is 6.29 Å². The van der Waals surface area contributed by atoms with Crippen molar-refractivity contribution >= 4 is 5.97 Å². The third-order valence-electron chi connectivity index (χ3n) is 11.4. The fourth-order valence-corrected chi connectivity index (χ4v) is 9.42. The van der Waals surface area contributed by atoms with Crippen molar-refractivity contribution in [3.05, 3.63) is 11.6 Å². The molecule has 0 amide bonds. The first-order valence-corrected chi connectivity index (χ1v) is 14.2. The number of fused-ring (bicyclic) bond motifs is 5. The number of hydrogen-bond donors (Lipinski definition) is 5. The Morgan fingerprint density at radius 2 is 1.73 bits per heavy atom. The zero-order valence-corrected chi connectivity index (χ0v) is 21.6. The maximum absolute atomic E-state index is 12.1. The maximum Gasteiger partial charge on any atom is 0.331 e. The van der Waals surface area contributed by atoms with Gasteiger partial charge in [-0.1, -0.05) is 6.92 Å². The molecule has 2 aliphatic heterocycles. The standard InChI is InChI=1S/C28H42O9/c1-27-8-6-16(36-26-25(33)24(32)23(31)21(12-29)37-26)11-15(27)2-3-20-19(27)5-4-18-17(7-9-28(18,20)34)14-10-22(30)35-13-14/h10,15-21,23-26,29,31-34H,2-9,11-13H2,1H3/t15-,16-,17+,18+,19-,20+,21+,23+,24-,25+,26+,27-,28-/m0/s1. The third-order valence-corrected chi connectivity index (χ3v) is 11.4. The van der Waals surface area contributed by atoms with Crippen LogP contribution in [0.5, 0.6) is 0 Å². The van der Waals surface area contributed by atoms with Gasteiger partial charge in [-0.05, 0) is 98.4 Å². The fraction of sp³-hybridized carbons (Fsp3) is 0.893. The van der Waals surface area contributed by atoms with Crippen molar-refractivity contribution in [3.63, 3.8) is 0 Å². The molecular formula is C28H42O9. The molecule has 5 fully saturated rings. The Morgan fingerprint density at radius 3 is 2.46 bits per heavy atom. The summed E-state index contributed by atoms with van der Waals surface area (Å²) in [6.07, 6.45) is 3.58. The summed E-state index contributed by atoms with van der Waals surface area (Å²) in [4.78, 5) is 11.7. The van der Waals surface area contributed by atoms with Crippen LogP contribution < -0.4 is 0 Å². The van der Waals surface area contributed by atoms with E-state index in [1.54, 1.807) is 6.08 Å².